The van der Waals surface area contributed by atoms with Crippen molar-refractivity contribution in [2.75, 3.05) is 11.5 Å². The van der Waals surface area contributed by atoms with Crippen molar-refractivity contribution >= 4 is 17.7 Å². The van der Waals surface area contributed by atoms with E-state index >= 15 is 0 Å². The number of carbonyl (C=O) groups is 1. The average Bonchev–Trinajstić information content (AvgIpc) is 2.42. The van der Waals surface area contributed by atoms with Crippen LogP contribution in [-0.4, -0.2) is 11.4 Å². The molecular weight excluding hydrogens is 252 g/mol. The van der Waals surface area contributed by atoms with Crippen LogP contribution in [0.4, 0.5) is 11.4 Å². The lowest BCUT2D eigenvalue weighted by atomic mass is 9.59. The summed E-state index contributed by atoms with van der Waals surface area (Å²) in [6.07, 6.45) is 0.579. The normalized spacial score (nSPS) is 21.5. The highest BCUT2D eigenvalue weighted by atomic mass is 16.3. The highest BCUT2D eigenvalue weighted by molar-refractivity contribution is 5.95. The molecule has 0 radical (unpaired) electrons. The Balaban J connectivity index is 3.05. The van der Waals surface area contributed by atoms with Gasteiger partial charge in [0.05, 0.1) is 16.9 Å². The summed E-state index contributed by atoms with van der Waals surface area (Å²) < 4.78 is 0. The standard InChI is InChI=1S/C16H24N2O2/c1-14(2)9-10(15(3,4)16(14,5)6)13(20)8(7-19)11(17)12(9)18/h7,20H,17-18H2,1-6H3. The second kappa shape index (κ2) is 3.68. The van der Waals surface area contributed by atoms with Gasteiger partial charge in [-0.1, -0.05) is 41.5 Å². The summed E-state index contributed by atoms with van der Waals surface area (Å²) in [5, 5.41) is 10.5. The molecule has 0 spiro atoms. The molecule has 1 aromatic carbocycles. The summed E-state index contributed by atoms with van der Waals surface area (Å²) in [5.74, 6) is -0.0228. The van der Waals surface area contributed by atoms with Crippen LogP contribution in [0, 0.1) is 5.41 Å². The van der Waals surface area contributed by atoms with Crippen molar-refractivity contribution in [1.29, 1.82) is 0 Å². The molecule has 1 aliphatic carbocycles. The Morgan fingerprint density at radius 1 is 0.900 bits per heavy atom. The summed E-state index contributed by atoms with van der Waals surface area (Å²) in [6, 6.07) is 0. The SMILES string of the molecule is CC1(C)c2c(N)c(N)c(C=O)c(O)c2C(C)(C)C1(C)C. The van der Waals surface area contributed by atoms with Crippen LogP contribution < -0.4 is 11.5 Å². The minimum absolute atomic E-state index is 0.0228. The first-order valence-electron chi connectivity index (χ1n) is 6.83. The van der Waals surface area contributed by atoms with Gasteiger partial charge in [0, 0.05) is 5.56 Å². The van der Waals surface area contributed by atoms with Crippen molar-refractivity contribution in [3.05, 3.63) is 16.7 Å². The molecule has 4 heteroatoms. The predicted octanol–water partition coefficient (Wildman–Crippen LogP) is 2.96. The maximum atomic E-state index is 11.2. The van der Waals surface area contributed by atoms with Crippen molar-refractivity contribution in [3.63, 3.8) is 0 Å². The van der Waals surface area contributed by atoms with E-state index in [-0.39, 0.29) is 33.2 Å². The molecule has 110 valence electrons. The van der Waals surface area contributed by atoms with Gasteiger partial charge in [-0.15, -0.1) is 0 Å². The van der Waals surface area contributed by atoms with Crippen molar-refractivity contribution in [3.8, 4) is 5.75 Å². The molecule has 1 aliphatic rings. The number of carbonyl (C=O) groups excluding carboxylic acids is 1. The van der Waals surface area contributed by atoms with Crippen LogP contribution in [0.5, 0.6) is 5.75 Å². The fourth-order valence-corrected chi connectivity index (χ4v) is 3.58. The average molecular weight is 276 g/mol. The molecule has 20 heavy (non-hydrogen) atoms. The first kappa shape index (κ1) is 14.7. The molecule has 0 heterocycles. The molecule has 5 N–H and O–H groups in total. The number of nitrogen functional groups attached to an aromatic ring is 2. The minimum Gasteiger partial charge on any atom is -0.507 e. The topological polar surface area (TPSA) is 89.3 Å². The fourth-order valence-electron chi connectivity index (χ4n) is 3.58. The third-order valence-electron chi connectivity index (χ3n) is 6.08. The van der Waals surface area contributed by atoms with E-state index < -0.39 is 0 Å². The van der Waals surface area contributed by atoms with Gasteiger partial charge in [-0.3, -0.25) is 4.79 Å². The number of rotatable bonds is 1. The molecule has 4 nitrogen and oxygen atoms in total. The van der Waals surface area contributed by atoms with Crippen LogP contribution in [0.1, 0.15) is 63.0 Å². The number of phenols is 1. The van der Waals surface area contributed by atoms with Crippen molar-refractivity contribution < 1.29 is 9.90 Å². The Labute approximate surface area is 120 Å². The number of hydrogen-bond donors (Lipinski definition) is 3. The van der Waals surface area contributed by atoms with Crippen LogP contribution in [-0.2, 0) is 10.8 Å². The fraction of sp³-hybridized carbons (Fsp3) is 0.562. The monoisotopic (exact) mass is 276 g/mol. The zero-order valence-electron chi connectivity index (χ0n) is 13.1. The third-order valence-corrected chi connectivity index (χ3v) is 6.08. The zero-order chi connectivity index (χ0) is 15.7. The Kier molecular flexibility index (Phi) is 2.71. The lowest BCUT2D eigenvalue weighted by molar-refractivity contribution is 0.112. The van der Waals surface area contributed by atoms with E-state index in [0.717, 1.165) is 11.1 Å². The molecule has 0 aliphatic heterocycles. The Morgan fingerprint density at radius 2 is 1.35 bits per heavy atom. The molecule has 0 bridgehead atoms. The summed E-state index contributed by atoms with van der Waals surface area (Å²) in [4.78, 5) is 11.2. The van der Waals surface area contributed by atoms with Gasteiger partial charge in [0.1, 0.15) is 5.75 Å². The number of fused-ring (bicyclic) bond motifs is 1. The zero-order valence-corrected chi connectivity index (χ0v) is 13.1. The van der Waals surface area contributed by atoms with Crippen molar-refractivity contribution in [2.24, 2.45) is 5.41 Å². The summed E-state index contributed by atoms with van der Waals surface area (Å²) in [7, 11) is 0. The second-order valence-electron chi connectivity index (χ2n) is 7.33. The van der Waals surface area contributed by atoms with Gasteiger partial charge in [0.25, 0.3) is 0 Å². The largest absolute Gasteiger partial charge is 0.507 e. The third kappa shape index (κ3) is 1.29. The van der Waals surface area contributed by atoms with E-state index in [1.807, 2.05) is 0 Å². The maximum absolute atomic E-state index is 11.2. The molecule has 0 saturated heterocycles. The number of phenolic OH excluding ortho intramolecular Hbond substituents is 1. The maximum Gasteiger partial charge on any atom is 0.155 e. The molecule has 0 unspecified atom stereocenters. The number of aldehydes is 1. The molecule has 0 amide bonds. The van der Waals surface area contributed by atoms with E-state index in [9.17, 15) is 9.90 Å². The highest BCUT2D eigenvalue weighted by Gasteiger charge is 2.59. The van der Waals surface area contributed by atoms with Gasteiger partial charge >= 0.3 is 0 Å². The molecule has 1 aromatic rings. The lowest BCUT2D eigenvalue weighted by Crippen LogP contribution is -2.42. The molecular formula is C16H24N2O2. The van der Waals surface area contributed by atoms with Gasteiger partial charge in [-0.2, -0.15) is 0 Å². The first-order valence-corrected chi connectivity index (χ1v) is 6.83. The van der Waals surface area contributed by atoms with E-state index in [1.54, 1.807) is 0 Å². The van der Waals surface area contributed by atoms with Gasteiger partial charge in [-0.25, -0.2) is 0 Å². The molecule has 2 rings (SSSR count). The minimum atomic E-state index is -0.324. The lowest BCUT2D eigenvalue weighted by Gasteiger charge is -2.44. The number of aromatic hydroxyl groups is 1. The number of hydrogen-bond acceptors (Lipinski definition) is 4. The van der Waals surface area contributed by atoms with Crippen LogP contribution in [0.3, 0.4) is 0 Å². The van der Waals surface area contributed by atoms with E-state index in [0.29, 0.717) is 12.0 Å². The van der Waals surface area contributed by atoms with Crippen LogP contribution in [0.2, 0.25) is 0 Å². The summed E-state index contributed by atoms with van der Waals surface area (Å²) in [6.45, 7) is 12.7. The van der Waals surface area contributed by atoms with Gasteiger partial charge < -0.3 is 16.6 Å². The van der Waals surface area contributed by atoms with E-state index in [4.69, 9.17) is 11.5 Å². The quantitative estimate of drug-likeness (QED) is 0.418. The van der Waals surface area contributed by atoms with Crippen LogP contribution in [0.15, 0.2) is 0 Å². The summed E-state index contributed by atoms with van der Waals surface area (Å²) >= 11 is 0. The number of benzene rings is 1. The Bertz CT molecular complexity index is 614. The van der Waals surface area contributed by atoms with E-state index in [2.05, 4.69) is 41.5 Å². The number of anilines is 2. The molecule has 0 atom stereocenters. The molecule has 0 aromatic heterocycles. The van der Waals surface area contributed by atoms with Gasteiger partial charge in [-0.05, 0) is 21.8 Å². The van der Waals surface area contributed by atoms with Gasteiger partial charge in [0.15, 0.2) is 6.29 Å². The Hall–Kier alpha value is -1.71. The van der Waals surface area contributed by atoms with Crippen LogP contribution in [0.25, 0.3) is 0 Å². The Morgan fingerprint density at radius 3 is 1.80 bits per heavy atom. The molecule has 0 fully saturated rings. The van der Waals surface area contributed by atoms with Gasteiger partial charge in [0.2, 0.25) is 0 Å². The van der Waals surface area contributed by atoms with E-state index in [1.165, 1.54) is 0 Å². The first-order chi connectivity index (χ1) is 8.92. The van der Waals surface area contributed by atoms with Crippen LogP contribution >= 0.6 is 0 Å². The molecule has 0 saturated carbocycles. The highest BCUT2D eigenvalue weighted by Crippen LogP contribution is 2.65. The summed E-state index contributed by atoms with van der Waals surface area (Å²) in [5.41, 5.74) is 13.7. The smallest absolute Gasteiger partial charge is 0.155 e. The van der Waals surface area contributed by atoms with Crippen molar-refractivity contribution in [2.45, 2.75) is 52.4 Å². The second-order valence-corrected chi connectivity index (χ2v) is 7.33. The predicted molar refractivity (Wildman–Crippen MR) is 82.2 cm³/mol. The van der Waals surface area contributed by atoms with Crippen molar-refractivity contribution in [1.82, 2.24) is 0 Å². The number of nitrogens with two attached hydrogens (primary N) is 2.